The van der Waals surface area contributed by atoms with Gasteiger partial charge in [-0.2, -0.15) is 5.10 Å². The fourth-order valence-corrected chi connectivity index (χ4v) is 4.65. The Bertz CT molecular complexity index is 948. The highest BCUT2D eigenvalue weighted by molar-refractivity contribution is 5.86. The molecule has 29 heavy (non-hydrogen) atoms. The molecule has 1 saturated heterocycles. The van der Waals surface area contributed by atoms with Gasteiger partial charge < -0.3 is 10.2 Å². The third-order valence-electron chi connectivity index (χ3n) is 6.11. The van der Waals surface area contributed by atoms with Crippen LogP contribution in [0.4, 0.5) is 0 Å². The highest BCUT2D eigenvalue weighted by atomic mass is 35.5. The fourth-order valence-electron chi connectivity index (χ4n) is 4.65. The van der Waals surface area contributed by atoms with Crippen molar-refractivity contribution in [3.8, 4) is 11.1 Å². The molecule has 0 unspecified atom stereocenters. The number of hydrogen-bond donors (Lipinski definition) is 1. The van der Waals surface area contributed by atoms with Crippen LogP contribution in [0.2, 0.25) is 0 Å². The standard InChI is InChI=1S/C23H24N4O.ClH/c28-22(23(10-13-24-14-11-23)27-15-5-12-25-27)26-16-18-6-1-3-8-20(18)21-9-4-2-7-19(21)17-26;/h1-9,12,15,24H,10-11,13-14,16-17H2;1H. The lowest BCUT2D eigenvalue weighted by atomic mass is 9.86. The average molecular weight is 409 g/mol. The maximum absolute atomic E-state index is 14.0. The predicted molar refractivity (Wildman–Crippen MR) is 116 cm³/mol. The van der Waals surface area contributed by atoms with E-state index in [1.807, 2.05) is 21.8 Å². The summed E-state index contributed by atoms with van der Waals surface area (Å²) in [6.45, 7) is 2.90. The van der Waals surface area contributed by atoms with Crippen molar-refractivity contribution in [2.45, 2.75) is 31.5 Å². The van der Waals surface area contributed by atoms with Gasteiger partial charge in [-0.15, -0.1) is 12.4 Å². The smallest absolute Gasteiger partial charge is 0.251 e. The molecule has 2 aliphatic rings. The van der Waals surface area contributed by atoms with Gasteiger partial charge in [-0.25, -0.2) is 0 Å². The van der Waals surface area contributed by atoms with Gasteiger partial charge >= 0.3 is 0 Å². The second kappa shape index (κ2) is 8.01. The zero-order valence-corrected chi connectivity index (χ0v) is 17.1. The van der Waals surface area contributed by atoms with Gasteiger partial charge in [0.05, 0.1) is 0 Å². The van der Waals surface area contributed by atoms with E-state index in [2.05, 4.69) is 58.9 Å². The number of rotatable bonds is 2. The molecule has 0 radical (unpaired) electrons. The van der Waals surface area contributed by atoms with Crippen molar-refractivity contribution in [2.75, 3.05) is 13.1 Å². The predicted octanol–water partition coefficient (Wildman–Crippen LogP) is 3.59. The number of amides is 1. The van der Waals surface area contributed by atoms with Crippen molar-refractivity contribution in [1.29, 1.82) is 0 Å². The van der Waals surface area contributed by atoms with Crippen LogP contribution < -0.4 is 5.32 Å². The van der Waals surface area contributed by atoms with Gasteiger partial charge in [-0.05, 0) is 54.3 Å². The number of carbonyl (C=O) groups is 1. The highest BCUT2D eigenvalue weighted by Gasteiger charge is 2.45. The van der Waals surface area contributed by atoms with Crippen molar-refractivity contribution >= 4 is 18.3 Å². The molecule has 1 aromatic heterocycles. The molecule has 6 heteroatoms. The Morgan fingerprint density at radius 3 is 2.03 bits per heavy atom. The SMILES string of the molecule is Cl.O=C(N1Cc2ccccc2-c2ccccc2C1)C1(n2cccn2)CCNCC1. The molecular formula is C23H25ClN4O. The van der Waals surface area contributed by atoms with Gasteiger partial charge in [0.15, 0.2) is 0 Å². The lowest BCUT2D eigenvalue weighted by Crippen LogP contribution is -2.55. The molecular weight excluding hydrogens is 384 g/mol. The number of carbonyl (C=O) groups excluding carboxylic acids is 1. The van der Waals surface area contributed by atoms with Crippen LogP contribution in [0.3, 0.4) is 0 Å². The van der Waals surface area contributed by atoms with Crippen molar-refractivity contribution in [1.82, 2.24) is 20.0 Å². The number of nitrogens with one attached hydrogen (secondary N) is 1. The Morgan fingerprint density at radius 1 is 0.897 bits per heavy atom. The van der Waals surface area contributed by atoms with Crippen LogP contribution in [0.15, 0.2) is 67.0 Å². The van der Waals surface area contributed by atoms with E-state index in [0.29, 0.717) is 13.1 Å². The number of piperidine rings is 1. The Morgan fingerprint density at radius 2 is 1.48 bits per heavy atom. The van der Waals surface area contributed by atoms with Crippen LogP contribution in [-0.4, -0.2) is 33.7 Å². The van der Waals surface area contributed by atoms with E-state index in [-0.39, 0.29) is 18.3 Å². The molecule has 2 aromatic carbocycles. The second-order valence-electron chi connectivity index (χ2n) is 7.71. The second-order valence-corrected chi connectivity index (χ2v) is 7.71. The Balaban J connectivity index is 0.00000205. The minimum absolute atomic E-state index is 0. The summed E-state index contributed by atoms with van der Waals surface area (Å²) in [4.78, 5) is 16.0. The summed E-state index contributed by atoms with van der Waals surface area (Å²) in [5, 5.41) is 7.87. The first-order valence-corrected chi connectivity index (χ1v) is 9.94. The van der Waals surface area contributed by atoms with Crippen LogP contribution in [-0.2, 0) is 23.4 Å². The monoisotopic (exact) mass is 408 g/mol. The van der Waals surface area contributed by atoms with Crippen LogP contribution in [0.25, 0.3) is 11.1 Å². The van der Waals surface area contributed by atoms with Crippen molar-refractivity contribution < 1.29 is 4.79 Å². The van der Waals surface area contributed by atoms with E-state index in [4.69, 9.17) is 0 Å². The third-order valence-corrected chi connectivity index (χ3v) is 6.11. The lowest BCUT2D eigenvalue weighted by Gasteiger charge is -2.40. The first-order valence-electron chi connectivity index (χ1n) is 9.94. The minimum atomic E-state index is -0.608. The van der Waals surface area contributed by atoms with Gasteiger partial charge in [-0.1, -0.05) is 48.5 Å². The van der Waals surface area contributed by atoms with Crippen LogP contribution in [0.1, 0.15) is 24.0 Å². The summed E-state index contributed by atoms with van der Waals surface area (Å²) < 4.78 is 1.89. The summed E-state index contributed by atoms with van der Waals surface area (Å²) in [6.07, 6.45) is 5.22. The molecule has 150 valence electrons. The van der Waals surface area contributed by atoms with Crippen molar-refractivity contribution in [2.24, 2.45) is 0 Å². The highest BCUT2D eigenvalue weighted by Crippen LogP contribution is 2.36. The van der Waals surface area contributed by atoms with Gasteiger partial charge in [0.1, 0.15) is 5.54 Å². The summed E-state index contributed by atoms with van der Waals surface area (Å²) in [5.41, 5.74) is 4.25. The third kappa shape index (κ3) is 3.34. The molecule has 1 N–H and O–H groups in total. The largest absolute Gasteiger partial charge is 0.332 e. The topological polar surface area (TPSA) is 50.2 Å². The van der Waals surface area contributed by atoms with Crippen molar-refractivity contribution in [3.63, 3.8) is 0 Å². The summed E-state index contributed by atoms with van der Waals surface area (Å²) in [6, 6.07) is 18.8. The summed E-state index contributed by atoms with van der Waals surface area (Å²) >= 11 is 0. The molecule has 0 saturated carbocycles. The molecule has 0 aliphatic carbocycles. The zero-order chi connectivity index (χ0) is 19.0. The Labute approximate surface area is 177 Å². The van der Waals surface area contributed by atoms with Crippen LogP contribution >= 0.6 is 12.4 Å². The number of hydrogen-bond acceptors (Lipinski definition) is 3. The van der Waals surface area contributed by atoms with Gasteiger partial charge in [0, 0.05) is 25.5 Å². The molecule has 0 bridgehead atoms. The first kappa shape index (κ1) is 19.7. The number of nitrogens with zero attached hydrogens (tertiary/aromatic N) is 3. The van der Waals surface area contributed by atoms with Crippen LogP contribution in [0.5, 0.6) is 0 Å². The molecule has 0 spiro atoms. The average Bonchev–Trinajstić information content (AvgIpc) is 3.24. The molecule has 0 atom stereocenters. The molecule has 2 aliphatic heterocycles. The van der Waals surface area contributed by atoms with Crippen LogP contribution in [0, 0.1) is 0 Å². The van der Waals surface area contributed by atoms with E-state index < -0.39 is 5.54 Å². The normalized spacial score (nSPS) is 17.4. The van der Waals surface area contributed by atoms with E-state index in [0.717, 1.165) is 25.9 Å². The Hall–Kier alpha value is -2.63. The molecule has 3 aromatic rings. The molecule has 5 rings (SSSR count). The van der Waals surface area contributed by atoms with E-state index in [1.54, 1.807) is 6.20 Å². The quantitative estimate of drug-likeness (QED) is 0.705. The fraction of sp³-hybridized carbons (Fsp3) is 0.304. The van der Waals surface area contributed by atoms with E-state index >= 15 is 0 Å². The molecule has 1 fully saturated rings. The molecule has 1 amide bonds. The zero-order valence-electron chi connectivity index (χ0n) is 16.3. The lowest BCUT2D eigenvalue weighted by molar-refractivity contribution is -0.144. The molecule has 5 nitrogen and oxygen atoms in total. The number of aromatic nitrogens is 2. The van der Waals surface area contributed by atoms with Gasteiger partial charge in [-0.3, -0.25) is 9.48 Å². The summed E-state index contributed by atoms with van der Waals surface area (Å²) in [5.74, 6) is 0.171. The van der Waals surface area contributed by atoms with Gasteiger partial charge in [0.2, 0.25) is 0 Å². The van der Waals surface area contributed by atoms with E-state index in [1.165, 1.54) is 22.3 Å². The Kier molecular flexibility index (Phi) is 5.43. The first-order chi connectivity index (χ1) is 13.8. The maximum Gasteiger partial charge on any atom is 0.251 e. The number of benzene rings is 2. The maximum atomic E-state index is 14.0. The van der Waals surface area contributed by atoms with E-state index in [9.17, 15) is 4.79 Å². The summed E-state index contributed by atoms with van der Waals surface area (Å²) in [7, 11) is 0. The molecule has 3 heterocycles. The number of fused-ring (bicyclic) bond motifs is 3. The van der Waals surface area contributed by atoms with Crippen molar-refractivity contribution in [3.05, 3.63) is 78.1 Å². The number of halogens is 1. The minimum Gasteiger partial charge on any atom is -0.332 e. The van der Waals surface area contributed by atoms with Gasteiger partial charge in [0.25, 0.3) is 5.91 Å².